The molecule has 8 heteroatoms. The summed E-state index contributed by atoms with van der Waals surface area (Å²) in [6.45, 7) is -0.216. The predicted octanol–water partition coefficient (Wildman–Crippen LogP) is -1.02. The monoisotopic (exact) mass is 247 g/mol. The van der Waals surface area contributed by atoms with Gasteiger partial charge in [-0.25, -0.2) is 9.59 Å². The van der Waals surface area contributed by atoms with E-state index in [4.69, 9.17) is 10.8 Å². The third kappa shape index (κ3) is 2.78. The number of aliphatic carboxylic acids is 1. The van der Waals surface area contributed by atoms with Crippen LogP contribution in [-0.2, 0) is 9.59 Å². The van der Waals surface area contributed by atoms with Gasteiger partial charge in [0, 0.05) is 12.8 Å². The van der Waals surface area contributed by atoms with Crippen molar-refractivity contribution in [1.29, 1.82) is 0 Å². The van der Waals surface area contributed by atoms with Gasteiger partial charge in [-0.1, -0.05) is 0 Å². The third-order valence-electron chi connectivity index (χ3n) is 2.13. The summed E-state index contributed by atoms with van der Waals surface area (Å²) in [6.07, 6.45) is 0. The molecular formula is C8H13N3O4S. The fourth-order valence-corrected chi connectivity index (χ4v) is 2.49. The summed E-state index contributed by atoms with van der Waals surface area (Å²) < 4.78 is 0. The second-order valence-corrected chi connectivity index (χ2v) is 4.43. The number of urea groups is 1. The van der Waals surface area contributed by atoms with Crippen LogP contribution in [0.2, 0.25) is 0 Å². The Balaban J connectivity index is 2.65. The lowest BCUT2D eigenvalue weighted by atomic mass is 10.3. The lowest BCUT2D eigenvalue weighted by Crippen LogP contribution is -2.49. The van der Waals surface area contributed by atoms with Gasteiger partial charge in [-0.05, 0) is 0 Å². The molecule has 1 saturated heterocycles. The van der Waals surface area contributed by atoms with E-state index in [1.165, 1.54) is 23.7 Å². The van der Waals surface area contributed by atoms with Crippen LogP contribution in [0.3, 0.4) is 0 Å². The lowest BCUT2D eigenvalue weighted by Gasteiger charge is -2.25. The van der Waals surface area contributed by atoms with Gasteiger partial charge in [0.1, 0.15) is 12.6 Å². The van der Waals surface area contributed by atoms with Gasteiger partial charge in [-0.3, -0.25) is 4.79 Å². The first-order valence-electron chi connectivity index (χ1n) is 4.54. The molecule has 0 radical (unpaired) electrons. The standard InChI is InChI=1S/C8H13N3O4S/c1-10(2-6(9)12)8(15)11-4-16-3-5(11)7(13)14/h5H,2-4H2,1H3,(H2,9,12)(H,13,14). The number of thioether (sulfide) groups is 1. The number of carboxylic acids is 1. The van der Waals surface area contributed by atoms with Gasteiger partial charge in [-0.15, -0.1) is 11.8 Å². The fourth-order valence-electron chi connectivity index (χ4n) is 1.36. The zero-order valence-electron chi connectivity index (χ0n) is 8.75. The van der Waals surface area contributed by atoms with Crippen molar-refractivity contribution in [2.75, 3.05) is 25.2 Å². The van der Waals surface area contributed by atoms with E-state index in [1.807, 2.05) is 0 Å². The number of hydrogen-bond acceptors (Lipinski definition) is 4. The number of nitrogens with zero attached hydrogens (tertiary/aromatic N) is 2. The number of amides is 3. The number of carboxylic acid groups (broad SMARTS) is 1. The summed E-state index contributed by atoms with van der Waals surface area (Å²) in [5, 5.41) is 8.88. The highest BCUT2D eigenvalue weighted by molar-refractivity contribution is 7.99. The number of carbonyl (C=O) groups excluding carboxylic acids is 2. The summed E-state index contributed by atoms with van der Waals surface area (Å²) in [7, 11) is 1.41. The molecule has 90 valence electrons. The number of rotatable bonds is 3. The van der Waals surface area contributed by atoms with Gasteiger partial charge in [0.05, 0.1) is 5.88 Å². The second-order valence-electron chi connectivity index (χ2n) is 3.43. The molecule has 7 nitrogen and oxygen atoms in total. The van der Waals surface area contributed by atoms with Crippen molar-refractivity contribution in [1.82, 2.24) is 9.80 Å². The molecule has 1 aliphatic heterocycles. The lowest BCUT2D eigenvalue weighted by molar-refractivity contribution is -0.140. The molecule has 1 heterocycles. The maximum Gasteiger partial charge on any atom is 0.327 e. The van der Waals surface area contributed by atoms with Crippen LogP contribution in [0.5, 0.6) is 0 Å². The maximum atomic E-state index is 11.8. The molecule has 0 aromatic heterocycles. The maximum absolute atomic E-state index is 11.8. The van der Waals surface area contributed by atoms with Crippen molar-refractivity contribution < 1.29 is 19.5 Å². The highest BCUT2D eigenvalue weighted by Gasteiger charge is 2.36. The molecule has 16 heavy (non-hydrogen) atoms. The minimum absolute atomic E-state index is 0.216. The Kier molecular flexibility index (Phi) is 3.99. The molecule has 1 atom stereocenters. The molecule has 3 amide bonds. The van der Waals surface area contributed by atoms with E-state index in [-0.39, 0.29) is 6.54 Å². The Morgan fingerprint density at radius 2 is 2.19 bits per heavy atom. The molecule has 1 unspecified atom stereocenters. The summed E-state index contributed by atoms with van der Waals surface area (Å²) in [5.41, 5.74) is 4.95. The van der Waals surface area contributed by atoms with Crippen molar-refractivity contribution in [3.8, 4) is 0 Å². The van der Waals surface area contributed by atoms with E-state index >= 15 is 0 Å². The number of carbonyl (C=O) groups is 3. The number of primary amides is 1. The normalized spacial score (nSPS) is 19.6. The average molecular weight is 247 g/mol. The van der Waals surface area contributed by atoms with Crippen molar-refractivity contribution in [3.63, 3.8) is 0 Å². The summed E-state index contributed by atoms with van der Waals surface area (Å²) >= 11 is 1.36. The van der Waals surface area contributed by atoms with Gasteiger partial charge in [0.25, 0.3) is 0 Å². The van der Waals surface area contributed by atoms with E-state index in [0.717, 1.165) is 4.90 Å². The molecule has 0 aromatic carbocycles. The van der Waals surface area contributed by atoms with Crippen molar-refractivity contribution in [3.05, 3.63) is 0 Å². The fraction of sp³-hybridized carbons (Fsp3) is 0.625. The minimum Gasteiger partial charge on any atom is -0.480 e. The number of nitrogens with two attached hydrogens (primary N) is 1. The van der Waals surface area contributed by atoms with Crippen LogP contribution in [0.1, 0.15) is 0 Å². The molecule has 1 rings (SSSR count). The molecule has 0 saturated carbocycles. The summed E-state index contributed by atoms with van der Waals surface area (Å²) in [5.74, 6) is -0.981. The molecule has 0 aliphatic carbocycles. The van der Waals surface area contributed by atoms with E-state index in [1.54, 1.807) is 0 Å². The predicted molar refractivity (Wildman–Crippen MR) is 57.8 cm³/mol. The van der Waals surface area contributed by atoms with Gasteiger partial charge in [0.15, 0.2) is 0 Å². The second kappa shape index (κ2) is 5.06. The Hall–Kier alpha value is -1.44. The number of hydrogen-bond donors (Lipinski definition) is 2. The summed E-state index contributed by atoms with van der Waals surface area (Å²) in [6, 6.07) is -1.32. The van der Waals surface area contributed by atoms with Gasteiger partial charge < -0.3 is 20.6 Å². The van der Waals surface area contributed by atoms with Crippen LogP contribution in [-0.4, -0.2) is 64.1 Å². The largest absolute Gasteiger partial charge is 0.480 e. The minimum atomic E-state index is -1.04. The average Bonchev–Trinajstić information content (AvgIpc) is 2.63. The quantitative estimate of drug-likeness (QED) is 0.664. The summed E-state index contributed by atoms with van der Waals surface area (Å²) in [4.78, 5) is 35.6. The van der Waals surface area contributed by atoms with Crippen LogP contribution in [0, 0.1) is 0 Å². The van der Waals surface area contributed by atoms with Crippen molar-refractivity contribution in [2.45, 2.75) is 6.04 Å². The van der Waals surface area contributed by atoms with E-state index in [2.05, 4.69) is 0 Å². The van der Waals surface area contributed by atoms with Crippen LogP contribution >= 0.6 is 11.8 Å². The molecule has 0 bridgehead atoms. The smallest absolute Gasteiger partial charge is 0.327 e. The molecule has 1 fully saturated rings. The van der Waals surface area contributed by atoms with Crippen molar-refractivity contribution >= 4 is 29.7 Å². The van der Waals surface area contributed by atoms with Crippen LogP contribution in [0.15, 0.2) is 0 Å². The van der Waals surface area contributed by atoms with E-state index in [9.17, 15) is 14.4 Å². The van der Waals surface area contributed by atoms with Gasteiger partial charge >= 0.3 is 12.0 Å². The first-order chi connectivity index (χ1) is 7.43. The topological polar surface area (TPSA) is 104 Å². The Bertz CT molecular complexity index is 322. The first kappa shape index (κ1) is 12.6. The highest BCUT2D eigenvalue weighted by Crippen LogP contribution is 2.22. The SMILES string of the molecule is CN(CC(N)=O)C(=O)N1CSCC1C(=O)O. The molecule has 1 aliphatic rings. The zero-order chi connectivity index (χ0) is 12.3. The van der Waals surface area contributed by atoms with E-state index in [0.29, 0.717) is 11.6 Å². The molecule has 0 spiro atoms. The Morgan fingerprint density at radius 3 is 2.69 bits per heavy atom. The first-order valence-corrected chi connectivity index (χ1v) is 5.69. The van der Waals surface area contributed by atoms with E-state index < -0.39 is 23.9 Å². The van der Waals surface area contributed by atoms with Gasteiger partial charge in [-0.2, -0.15) is 0 Å². The van der Waals surface area contributed by atoms with Crippen LogP contribution in [0.4, 0.5) is 4.79 Å². The highest BCUT2D eigenvalue weighted by atomic mass is 32.2. The molecule has 0 aromatic rings. The Labute approximate surface area is 96.5 Å². The van der Waals surface area contributed by atoms with Gasteiger partial charge in [0.2, 0.25) is 5.91 Å². The van der Waals surface area contributed by atoms with Crippen LogP contribution < -0.4 is 5.73 Å². The van der Waals surface area contributed by atoms with Crippen molar-refractivity contribution in [2.24, 2.45) is 5.73 Å². The third-order valence-corrected chi connectivity index (χ3v) is 3.14. The zero-order valence-corrected chi connectivity index (χ0v) is 9.57. The molecule has 3 N–H and O–H groups in total. The Morgan fingerprint density at radius 1 is 1.56 bits per heavy atom. The number of likely N-dealkylation sites (N-methyl/N-ethyl adjacent to an activating group) is 1. The molecular weight excluding hydrogens is 234 g/mol. The van der Waals surface area contributed by atoms with Crippen LogP contribution in [0.25, 0.3) is 0 Å².